The predicted molar refractivity (Wildman–Crippen MR) is 119 cm³/mol. The molecule has 1 heterocycles. The third-order valence-electron chi connectivity index (χ3n) is 5.16. The zero-order valence-electron chi connectivity index (χ0n) is 17.2. The smallest absolute Gasteiger partial charge is 0.257 e. The molecule has 0 aromatic heterocycles. The Morgan fingerprint density at radius 2 is 1.43 bits per heavy atom. The van der Waals surface area contributed by atoms with E-state index < -0.39 is 0 Å². The van der Waals surface area contributed by atoms with E-state index in [9.17, 15) is 4.79 Å². The van der Waals surface area contributed by atoms with Gasteiger partial charge >= 0.3 is 0 Å². The molecule has 0 atom stereocenters. The first kappa shape index (κ1) is 19.8. The number of para-hydroxylation sites is 4. The van der Waals surface area contributed by atoms with Crippen molar-refractivity contribution in [1.82, 2.24) is 4.90 Å². The zero-order valence-corrected chi connectivity index (χ0v) is 17.2. The van der Waals surface area contributed by atoms with Crippen LogP contribution in [0.4, 0.5) is 5.69 Å². The third-order valence-corrected chi connectivity index (χ3v) is 5.16. The SMILES string of the molecule is CCOc1ccccc1N1CCN(C(=O)c2ccccc2Oc2ccccc2)CC1. The maximum atomic E-state index is 13.2. The summed E-state index contributed by atoms with van der Waals surface area (Å²) in [5, 5.41) is 0. The molecule has 1 fully saturated rings. The third kappa shape index (κ3) is 4.40. The minimum atomic E-state index is -0.000672. The molecule has 0 aliphatic carbocycles. The lowest BCUT2D eigenvalue weighted by molar-refractivity contribution is 0.0744. The predicted octanol–water partition coefficient (Wildman–Crippen LogP) is 4.84. The highest BCUT2D eigenvalue weighted by Crippen LogP contribution is 2.30. The van der Waals surface area contributed by atoms with Gasteiger partial charge in [0.2, 0.25) is 0 Å². The Morgan fingerprint density at radius 3 is 2.17 bits per heavy atom. The Kier molecular flexibility index (Phi) is 6.18. The molecule has 154 valence electrons. The van der Waals surface area contributed by atoms with Crippen LogP contribution in [0.2, 0.25) is 0 Å². The van der Waals surface area contributed by atoms with Crippen LogP contribution in [-0.4, -0.2) is 43.6 Å². The molecular weight excluding hydrogens is 376 g/mol. The number of ether oxygens (including phenoxy) is 2. The van der Waals surface area contributed by atoms with Gasteiger partial charge in [-0.1, -0.05) is 42.5 Å². The van der Waals surface area contributed by atoms with Crippen LogP contribution in [0.3, 0.4) is 0 Å². The van der Waals surface area contributed by atoms with Crippen LogP contribution in [0.25, 0.3) is 0 Å². The second-order valence-corrected chi connectivity index (χ2v) is 7.09. The molecule has 0 radical (unpaired) electrons. The molecule has 5 nitrogen and oxygen atoms in total. The summed E-state index contributed by atoms with van der Waals surface area (Å²) in [6.07, 6.45) is 0. The van der Waals surface area contributed by atoms with E-state index in [0.717, 1.165) is 30.3 Å². The number of hydrogen-bond donors (Lipinski definition) is 0. The van der Waals surface area contributed by atoms with Gasteiger partial charge in [-0.15, -0.1) is 0 Å². The first-order valence-electron chi connectivity index (χ1n) is 10.3. The molecule has 3 aromatic carbocycles. The van der Waals surface area contributed by atoms with Gasteiger partial charge in [-0.3, -0.25) is 4.79 Å². The maximum Gasteiger partial charge on any atom is 0.257 e. The van der Waals surface area contributed by atoms with E-state index in [1.807, 2.05) is 84.6 Å². The first-order chi connectivity index (χ1) is 14.8. The van der Waals surface area contributed by atoms with E-state index in [0.29, 0.717) is 31.0 Å². The molecule has 0 spiro atoms. The van der Waals surface area contributed by atoms with Gasteiger partial charge < -0.3 is 19.3 Å². The summed E-state index contributed by atoms with van der Waals surface area (Å²) < 4.78 is 11.7. The Morgan fingerprint density at radius 1 is 0.800 bits per heavy atom. The summed E-state index contributed by atoms with van der Waals surface area (Å²) in [5.74, 6) is 2.19. The fourth-order valence-electron chi connectivity index (χ4n) is 3.66. The molecule has 0 saturated carbocycles. The minimum Gasteiger partial charge on any atom is -0.492 e. The molecule has 1 aliphatic rings. The van der Waals surface area contributed by atoms with Gasteiger partial charge in [0.05, 0.1) is 17.9 Å². The standard InChI is InChI=1S/C25H26N2O3/c1-2-29-24-15-9-7-13-22(24)26-16-18-27(19-17-26)25(28)21-12-6-8-14-23(21)30-20-10-4-3-5-11-20/h3-15H,2,16-19H2,1H3. The Labute approximate surface area is 177 Å². The zero-order chi connectivity index (χ0) is 20.8. The topological polar surface area (TPSA) is 42.0 Å². The average molecular weight is 402 g/mol. The summed E-state index contributed by atoms with van der Waals surface area (Å²) in [6.45, 7) is 5.45. The van der Waals surface area contributed by atoms with Crippen LogP contribution < -0.4 is 14.4 Å². The Bertz CT molecular complexity index is 982. The fourth-order valence-corrected chi connectivity index (χ4v) is 3.66. The number of benzene rings is 3. The van der Waals surface area contributed by atoms with Crippen molar-refractivity contribution in [2.45, 2.75) is 6.92 Å². The number of anilines is 1. The van der Waals surface area contributed by atoms with Crippen LogP contribution in [0.5, 0.6) is 17.2 Å². The maximum absolute atomic E-state index is 13.2. The summed E-state index contributed by atoms with van der Waals surface area (Å²) in [6, 6.07) is 25.0. The highest BCUT2D eigenvalue weighted by atomic mass is 16.5. The number of amides is 1. The van der Waals surface area contributed by atoms with Crippen LogP contribution in [0, 0.1) is 0 Å². The molecule has 3 aromatic rings. The largest absolute Gasteiger partial charge is 0.492 e. The van der Waals surface area contributed by atoms with Crippen molar-refractivity contribution in [2.75, 3.05) is 37.7 Å². The Balaban J connectivity index is 1.45. The average Bonchev–Trinajstić information content (AvgIpc) is 2.80. The lowest BCUT2D eigenvalue weighted by atomic mass is 10.1. The number of carbonyl (C=O) groups is 1. The molecule has 0 unspecified atom stereocenters. The highest BCUT2D eigenvalue weighted by Gasteiger charge is 2.25. The van der Waals surface area contributed by atoms with Gasteiger partial charge in [0.1, 0.15) is 17.2 Å². The van der Waals surface area contributed by atoms with Crippen molar-refractivity contribution in [1.29, 1.82) is 0 Å². The van der Waals surface area contributed by atoms with Crippen molar-refractivity contribution >= 4 is 11.6 Å². The van der Waals surface area contributed by atoms with E-state index in [-0.39, 0.29) is 5.91 Å². The number of nitrogens with zero attached hydrogens (tertiary/aromatic N) is 2. The molecular formula is C25H26N2O3. The normalized spacial score (nSPS) is 13.8. The van der Waals surface area contributed by atoms with Gasteiger partial charge in [-0.2, -0.15) is 0 Å². The van der Waals surface area contributed by atoms with Crippen LogP contribution >= 0.6 is 0 Å². The molecule has 1 amide bonds. The lowest BCUT2D eigenvalue weighted by Crippen LogP contribution is -2.49. The van der Waals surface area contributed by atoms with Gasteiger partial charge in [-0.25, -0.2) is 0 Å². The second-order valence-electron chi connectivity index (χ2n) is 7.09. The number of rotatable bonds is 6. The summed E-state index contributed by atoms with van der Waals surface area (Å²) >= 11 is 0. The number of piperazine rings is 1. The molecule has 1 saturated heterocycles. The van der Waals surface area contributed by atoms with E-state index in [4.69, 9.17) is 9.47 Å². The number of hydrogen-bond acceptors (Lipinski definition) is 4. The summed E-state index contributed by atoms with van der Waals surface area (Å²) in [7, 11) is 0. The van der Waals surface area contributed by atoms with Crippen LogP contribution in [0.1, 0.15) is 17.3 Å². The first-order valence-corrected chi connectivity index (χ1v) is 10.3. The van der Waals surface area contributed by atoms with Crippen LogP contribution in [-0.2, 0) is 0 Å². The Hall–Kier alpha value is -3.47. The monoisotopic (exact) mass is 402 g/mol. The van der Waals surface area contributed by atoms with E-state index in [1.54, 1.807) is 0 Å². The van der Waals surface area contributed by atoms with Crippen molar-refractivity contribution in [2.24, 2.45) is 0 Å². The highest BCUT2D eigenvalue weighted by molar-refractivity contribution is 5.97. The van der Waals surface area contributed by atoms with Crippen LogP contribution in [0.15, 0.2) is 78.9 Å². The number of carbonyl (C=O) groups excluding carboxylic acids is 1. The van der Waals surface area contributed by atoms with E-state index in [2.05, 4.69) is 11.0 Å². The molecule has 5 heteroatoms. The van der Waals surface area contributed by atoms with Gasteiger partial charge in [0, 0.05) is 26.2 Å². The minimum absolute atomic E-state index is 0.000672. The van der Waals surface area contributed by atoms with E-state index in [1.165, 1.54) is 0 Å². The van der Waals surface area contributed by atoms with Crippen molar-refractivity contribution in [3.05, 3.63) is 84.4 Å². The van der Waals surface area contributed by atoms with Crippen molar-refractivity contribution in [3.63, 3.8) is 0 Å². The quantitative estimate of drug-likeness (QED) is 0.592. The van der Waals surface area contributed by atoms with Crippen molar-refractivity contribution in [3.8, 4) is 17.2 Å². The van der Waals surface area contributed by atoms with Gasteiger partial charge in [0.15, 0.2) is 0 Å². The molecule has 1 aliphatic heterocycles. The molecule has 0 bridgehead atoms. The second kappa shape index (κ2) is 9.35. The summed E-state index contributed by atoms with van der Waals surface area (Å²) in [5.41, 5.74) is 1.67. The van der Waals surface area contributed by atoms with Gasteiger partial charge in [0.25, 0.3) is 5.91 Å². The fraction of sp³-hybridized carbons (Fsp3) is 0.240. The molecule has 4 rings (SSSR count). The molecule has 0 N–H and O–H groups in total. The summed E-state index contributed by atoms with van der Waals surface area (Å²) in [4.78, 5) is 17.4. The van der Waals surface area contributed by atoms with Crippen molar-refractivity contribution < 1.29 is 14.3 Å². The molecule has 30 heavy (non-hydrogen) atoms. The lowest BCUT2D eigenvalue weighted by Gasteiger charge is -2.36. The van der Waals surface area contributed by atoms with Gasteiger partial charge in [-0.05, 0) is 43.3 Å². The van der Waals surface area contributed by atoms with E-state index >= 15 is 0 Å².